The molecule has 3 aromatic rings. The summed E-state index contributed by atoms with van der Waals surface area (Å²) in [4.78, 5) is 23.8. The molecule has 3 rings (SSSR count). The van der Waals surface area contributed by atoms with Gasteiger partial charge in [0.2, 0.25) is 6.54 Å². The lowest BCUT2D eigenvalue weighted by Crippen LogP contribution is -2.23. The molecule has 0 spiro atoms. The van der Waals surface area contributed by atoms with Crippen molar-refractivity contribution in [3.63, 3.8) is 0 Å². The van der Waals surface area contributed by atoms with E-state index in [4.69, 9.17) is 0 Å². The number of nitrogens with one attached hydrogen (secondary N) is 1. The Bertz CT molecular complexity index is 940. The fourth-order valence-electron chi connectivity index (χ4n) is 3.04. The average molecular weight is 337 g/mol. The molecule has 128 valence electrons. The van der Waals surface area contributed by atoms with Gasteiger partial charge in [-0.1, -0.05) is 48.0 Å². The maximum Gasteiger partial charge on any atom is 0.275 e. The van der Waals surface area contributed by atoms with E-state index in [2.05, 4.69) is 5.10 Å². The summed E-state index contributed by atoms with van der Waals surface area (Å²) in [5.41, 5.74) is 3.38. The van der Waals surface area contributed by atoms with Crippen molar-refractivity contribution in [1.82, 2.24) is 9.78 Å². The minimum Gasteiger partial charge on any atom is -0.295 e. The maximum atomic E-state index is 13.0. The Balaban J connectivity index is 2.13. The zero-order chi connectivity index (χ0) is 18.0. The Morgan fingerprint density at radius 3 is 2.32 bits per heavy atom. The molecule has 0 fully saturated rings. The van der Waals surface area contributed by atoms with Gasteiger partial charge in [-0.2, -0.15) is 0 Å². The molecule has 0 aliphatic rings. The topological polar surface area (TPSA) is 80.9 Å². The van der Waals surface area contributed by atoms with Crippen molar-refractivity contribution in [3.8, 4) is 5.69 Å². The largest absolute Gasteiger partial charge is 0.295 e. The van der Waals surface area contributed by atoms with E-state index in [0.717, 1.165) is 11.1 Å². The van der Waals surface area contributed by atoms with Gasteiger partial charge in [0.15, 0.2) is 0 Å². The van der Waals surface area contributed by atoms with Gasteiger partial charge in [-0.15, -0.1) is 0 Å². The Morgan fingerprint density at radius 2 is 1.72 bits per heavy atom. The quantitative estimate of drug-likeness (QED) is 0.573. The highest BCUT2D eigenvalue weighted by Gasteiger charge is 2.27. The first kappa shape index (κ1) is 16.7. The number of hydrogen-bond donors (Lipinski definition) is 1. The minimum absolute atomic E-state index is 0.253. The van der Waals surface area contributed by atoms with Gasteiger partial charge in [-0.25, -0.2) is 4.68 Å². The molecule has 0 bridgehead atoms. The Hall–Kier alpha value is -3.15. The highest BCUT2D eigenvalue weighted by atomic mass is 16.6. The standard InChI is InChI=1S/C19H19N3O3/c1-13-8-10-16(11-9-13)22-19(23)18(14(2)20-22)17(12-21(24)25)15-6-4-3-5-7-15/h3-11,17,20H,12H2,1-2H3/t17-/m1/s1. The van der Waals surface area contributed by atoms with Crippen LogP contribution in [0.1, 0.15) is 28.3 Å². The molecule has 1 heterocycles. The molecule has 1 atom stereocenters. The van der Waals surface area contributed by atoms with Crippen LogP contribution in [0.5, 0.6) is 0 Å². The van der Waals surface area contributed by atoms with Crippen molar-refractivity contribution in [2.24, 2.45) is 0 Å². The van der Waals surface area contributed by atoms with E-state index in [0.29, 0.717) is 16.9 Å². The number of nitrogens with zero attached hydrogens (tertiary/aromatic N) is 2. The number of benzene rings is 2. The van der Waals surface area contributed by atoms with Gasteiger partial charge in [-0.3, -0.25) is 20.0 Å². The van der Waals surface area contributed by atoms with Crippen LogP contribution in [0.25, 0.3) is 5.69 Å². The van der Waals surface area contributed by atoms with Crippen LogP contribution in [0.2, 0.25) is 0 Å². The maximum absolute atomic E-state index is 13.0. The van der Waals surface area contributed by atoms with Crippen LogP contribution < -0.4 is 5.56 Å². The van der Waals surface area contributed by atoms with Crippen LogP contribution in [0, 0.1) is 24.0 Å². The van der Waals surface area contributed by atoms with Crippen LogP contribution in [-0.4, -0.2) is 21.2 Å². The summed E-state index contributed by atoms with van der Waals surface area (Å²) in [5.74, 6) is -0.591. The number of rotatable bonds is 5. The minimum atomic E-state index is -0.591. The molecule has 0 saturated heterocycles. The first-order chi connectivity index (χ1) is 12.0. The van der Waals surface area contributed by atoms with Crippen LogP contribution in [0.4, 0.5) is 0 Å². The summed E-state index contributed by atoms with van der Waals surface area (Å²) in [6.45, 7) is 3.42. The fourth-order valence-corrected chi connectivity index (χ4v) is 3.04. The number of H-pyrrole nitrogens is 1. The third-order valence-electron chi connectivity index (χ3n) is 4.29. The van der Waals surface area contributed by atoms with E-state index in [1.807, 2.05) is 61.5 Å². The molecule has 0 aliphatic carbocycles. The molecule has 1 N–H and O–H groups in total. The van der Waals surface area contributed by atoms with Gasteiger partial charge in [0, 0.05) is 10.6 Å². The van der Waals surface area contributed by atoms with E-state index in [9.17, 15) is 14.9 Å². The van der Waals surface area contributed by atoms with Crippen LogP contribution in [0.3, 0.4) is 0 Å². The lowest BCUT2D eigenvalue weighted by Gasteiger charge is -2.11. The highest BCUT2D eigenvalue weighted by molar-refractivity contribution is 5.39. The number of nitro groups is 1. The smallest absolute Gasteiger partial charge is 0.275 e. The molecule has 0 aliphatic heterocycles. The highest BCUT2D eigenvalue weighted by Crippen LogP contribution is 2.25. The summed E-state index contributed by atoms with van der Waals surface area (Å²) in [5, 5.41) is 14.2. The zero-order valence-corrected chi connectivity index (χ0v) is 14.1. The normalized spacial score (nSPS) is 12.1. The fraction of sp³-hybridized carbons (Fsp3) is 0.211. The molecule has 0 radical (unpaired) electrons. The summed E-state index contributed by atoms with van der Waals surface area (Å²) >= 11 is 0. The summed E-state index contributed by atoms with van der Waals surface area (Å²) < 4.78 is 1.44. The van der Waals surface area contributed by atoms with Crippen molar-refractivity contribution < 1.29 is 4.92 Å². The lowest BCUT2D eigenvalue weighted by molar-refractivity contribution is -0.481. The summed E-state index contributed by atoms with van der Waals surface area (Å²) in [6, 6.07) is 16.7. The van der Waals surface area contributed by atoms with Gasteiger partial charge < -0.3 is 0 Å². The number of aromatic nitrogens is 2. The first-order valence-corrected chi connectivity index (χ1v) is 8.02. The molecule has 6 heteroatoms. The molecule has 2 aromatic carbocycles. The van der Waals surface area contributed by atoms with Crippen molar-refractivity contribution in [2.45, 2.75) is 19.8 Å². The molecule has 25 heavy (non-hydrogen) atoms. The van der Waals surface area contributed by atoms with Gasteiger partial charge in [0.1, 0.15) is 0 Å². The molecule has 0 unspecified atom stereocenters. The Morgan fingerprint density at radius 1 is 1.08 bits per heavy atom. The SMILES string of the molecule is Cc1ccc(-n2[nH]c(C)c([C@H](C[N+](=O)[O-])c3ccccc3)c2=O)cc1. The van der Waals surface area contributed by atoms with Crippen molar-refractivity contribution in [3.05, 3.63) is 97.4 Å². The predicted octanol–water partition coefficient (Wildman–Crippen LogP) is 3.19. The van der Waals surface area contributed by atoms with Crippen LogP contribution in [-0.2, 0) is 0 Å². The molecule has 0 saturated carbocycles. The van der Waals surface area contributed by atoms with Gasteiger partial charge in [0.05, 0.1) is 17.2 Å². The van der Waals surface area contributed by atoms with E-state index < -0.39 is 5.92 Å². The number of aryl methyl sites for hydroxylation is 2. The third kappa shape index (κ3) is 3.38. The average Bonchev–Trinajstić information content (AvgIpc) is 2.89. The monoisotopic (exact) mass is 337 g/mol. The van der Waals surface area contributed by atoms with Gasteiger partial charge in [-0.05, 0) is 31.5 Å². The Kier molecular flexibility index (Phi) is 4.52. The van der Waals surface area contributed by atoms with Gasteiger partial charge in [0.25, 0.3) is 5.56 Å². The molecular weight excluding hydrogens is 318 g/mol. The van der Waals surface area contributed by atoms with E-state index >= 15 is 0 Å². The third-order valence-corrected chi connectivity index (χ3v) is 4.29. The second-order valence-corrected chi connectivity index (χ2v) is 6.11. The van der Waals surface area contributed by atoms with Crippen LogP contribution >= 0.6 is 0 Å². The molecule has 6 nitrogen and oxygen atoms in total. The van der Waals surface area contributed by atoms with Crippen molar-refractivity contribution >= 4 is 0 Å². The van der Waals surface area contributed by atoms with Gasteiger partial charge >= 0.3 is 0 Å². The van der Waals surface area contributed by atoms with Crippen molar-refractivity contribution in [1.29, 1.82) is 0 Å². The second kappa shape index (κ2) is 6.76. The first-order valence-electron chi connectivity index (χ1n) is 8.02. The summed E-state index contributed by atoms with van der Waals surface area (Å²) in [7, 11) is 0. The lowest BCUT2D eigenvalue weighted by atomic mass is 9.91. The van der Waals surface area contributed by atoms with E-state index in [-0.39, 0.29) is 17.0 Å². The molecular formula is C19H19N3O3. The number of aromatic amines is 1. The molecule has 1 aromatic heterocycles. The Labute approximate surface area is 144 Å². The molecule has 0 amide bonds. The second-order valence-electron chi connectivity index (χ2n) is 6.11. The number of hydrogen-bond acceptors (Lipinski definition) is 3. The van der Waals surface area contributed by atoms with E-state index in [1.165, 1.54) is 4.68 Å². The van der Waals surface area contributed by atoms with Crippen molar-refractivity contribution in [2.75, 3.05) is 6.54 Å². The van der Waals surface area contributed by atoms with Crippen LogP contribution in [0.15, 0.2) is 59.4 Å². The predicted molar refractivity (Wildman–Crippen MR) is 96.0 cm³/mol. The summed E-state index contributed by atoms with van der Waals surface area (Å²) in [6.07, 6.45) is 0. The zero-order valence-electron chi connectivity index (χ0n) is 14.1. The van der Waals surface area contributed by atoms with E-state index in [1.54, 1.807) is 6.92 Å².